The van der Waals surface area contributed by atoms with Gasteiger partial charge in [-0.2, -0.15) is 8.42 Å². The van der Waals surface area contributed by atoms with E-state index in [0.29, 0.717) is 26.1 Å². The smallest absolute Gasteiger partial charge is 0.329 e. The van der Waals surface area contributed by atoms with Crippen molar-refractivity contribution in [1.29, 1.82) is 0 Å². The van der Waals surface area contributed by atoms with E-state index in [4.69, 9.17) is 18.9 Å². The third-order valence-electron chi connectivity index (χ3n) is 6.25. The lowest BCUT2D eigenvalue weighted by Crippen LogP contribution is -2.38. The fraction of sp³-hybridized carbons (Fsp3) is 0.929. The Morgan fingerprint density at radius 1 is 0.632 bits per heavy atom. The molecule has 0 aliphatic carbocycles. The average Bonchev–Trinajstić information content (AvgIpc) is 2.88. The van der Waals surface area contributed by atoms with Gasteiger partial charge in [-0.1, -0.05) is 105 Å². The highest BCUT2D eigenvalue weighted by atomic mass is 32.2. The maximum atomic E-state index is 12.5. The van der Waals surface area contributed by atoms with Gasteiger partial charge in [-0.05, 0) is 12.8 Å². The molecule has 9 nitrogen and oxygen atoms in total. The summed E-state index contributed by atoms with van der Waals surface area (Å²) >= 11 is 0. The first kappa shape index (κ1) is 36.8. The van der Waals surface area contributed by atoms with E-state index < -0.39 is 46.3 Å². The van der Waals surface area contributed by atoms with Gasteiger partial charge >= 0.3 is 11.9 Å². The molecule has 0 amide bonds. The highest BCUT2D eigenvalue weighted by Crippen LogP contribution is 2.15. The Balaban J connectivity index is 4.54. The van der Waals surface area contributed by atoms with Crippen LogP contribution in [0.2, 0.25) is 0 Å². The quantitative estimate of drug-likeness (QED) is 0.0525. The van der Waals surface area contributed by atoms with E-state index in [1.54, 1.807) is 13.8 Å². The van der Waals surface area contributed by atoms with Crippen LogP contribution in [0.4, 0.5) is 0 Å². The first-order chi connectivity index (χ1) is 18.2. The summed E-state index contributed by atoms with van der Waals surface area (Å²) in [5.74, 6) is -2.21. The van der Waals surface area contributed by atoms with Gasteiger partial charge in [-0.25, -0.2) is 0 Å². The van der Waals surface area contributed by atoms with Gasteiger partial charge in [0.05, 0.1) is 19.6 Å². The zero-order chi connectivity index (χ0) is 28.7. The molecule has 0 fully saturated rings. The molecule has 0 heterocycles. The largest absolute Gasteiger partial charge is 0.436 e. The number of esters is 2. The second-order valence-electron chi connectivity index (χ2n) is 9.79. The van der Waals surface area contributed by atoms with Crippen molar-refractivity contribution in [1.82, 2.24) is 0 Å². The van der Waals surface area contributed by atoms with Gasteiger partial charge in [-0.15, -0.1) is 0 Å². The predicted octanol–water partition coefficient (Wildman–Crippen LogP) is 6.73. The van der Waals surface area contributed by atoms with Crippen LogP contribution in [-0.2, 0) is 38.7 Å². The predicted molar refractivity (Wildman–Crippen MR) is 148 cm³/mol. The van der Waals surface area contributed by atoms with Crippen LogP contribution in [0.5, 0.6) is 0 Å². The normalized spacial score (nSPS) is 14.1. The summed E-state index contributed by atoms with van der Waals surface area (Å²) in [5, 5.41) is -2.09. The zero-order valence-electron chi connectivity index (χ0n) is 24.3. The maximum Gasteiger partial charge on any atom is 0.329 e. The highest BCUT2D eigenvalue weighted by Gasteiger charge is 2.37. The van der Waals surface area contributed by atoms with E-state index in [1.807, 2.05) is 0 Å². The molecule has 0 aliphatic rings. The van der Waals surface area contributed by atoms with Crippen molar-refractivity contribution in [3.63, 3.8) is 0 Å². The summed E-state index contributed by atoms with van der Waals surface area (Å²) in [5.41, 5.74) is 0. The lowest BCUT2D eigenvalue weighted by molar-refractivity contribution is -0.186. The van der Waals surface area contributed by atoms with Crippen molar-refractivity contribution in [3.05, 3.63) is 0 Å². The minimum Gasteiger partial charge on any atom is -0.436 e. The Hall–Kier alpha value is -1.23. The van der Waals surface area contributed by atoms with Gasteiger partial charge in [0.25, 0.3) is 10.1 Å². The van der Waals surface area contributed by atoms with E-state index in [1.165, 1.54) is 51.4 Å². The number of carbonyl (C=O) groups excluding carboxylic acids is 2. The summed E-state index contributed by atoms with van der Waals surface area (Å²) in [6.45, 7) is 8.63. The number of ether oxygens (including phenoxy) is 4. The number of rotatable bonds is 26. The molecule has 0 aromatic heterocycles. The fourth-order valence-corrected chi connectivity index (χ4v) is 4.53. The third kappa shape index (κ3) is 19.8. The van der Waals surface area contributed by atoms with E-state index in [9.17, 15) is 22.6 Å². The van der Waals surface area contributed by atoms with Gasteiger partial charge in [0.2, 0.25) is 12.6 Å². The van der Waals surface area contributed by atoms with Crippen LogP contribution in [0.25, 0.3) is 0 Å². The number of hydrogen-bond acceptors (Lipinski definition) is 8. The molecule has 3 atom stereocenters. The van der Waals surface area contributed by atoms with Crippen molar-refractivity contribution < 1.29 is 41.5 Å². The Morgan fingerprint density at radius 3 is 1.42 bits per heavy atom. The van der Waals surface area contributed by atoms with Gasteiger partial charge in [-0.3, -0.25) is 14.1 Å². The molecule has 10 heteroatoms. The summed E-state index contributed by atoms with van der Waals surface area (Å²) in [4.78, 5) is 24.9. The first-order valence-electron chi connectivity index (χ1n) is 14.8. The van der Waals surface area contributed by atoms with Gasteiger partial charge in [0, 0.05) is 12.8 Å². The van der Waals surface area contributed by atoms with Crippen LogP contribution in [0.15, 0.2) is 0 Å². The Bertz CT molecular complexity index is 696. The standard InChI is InChI=1S/C28H54O9S/c1-5-9-11-13-15-17-19-21-34-26(7-3)36-25(29)23-24(38(31,32)33)28(30)37-27(8-4)35-22-20-18-16-14-12-10-6-2/h24,26-27H,5-23H2,1-4H3,(H,31,32,33). The maximum absolute atomic E-state index is 12.5. The fourth-order valence-electron chi connectivity index (χ4n) is 3.88. The number of hydrogen-bond donors (Lipinski definition) is 1. The Labute approximate surface area is 231 Å². The molecule has 0 saturated heterocycles. The van der Waals surface area contributed by atoms with Crippen LogP contribution < -0.4 is 0 Å². The topological polar surface area (TPSA) is 125 Å². The molecule has 3 unspecified atom stereocenters. The summed E-state index contributed by atoms with van der Waals surface area (Å²) < 4.78 is 54.8. The molecule has 0 saturated carbocycles. The molecule has 0 rings (SSSR count). The molecule has 0 aromatic rings. The van der Waals surface area contributed by atoms with Crippen molar-refractivity contribution in [2.24, 2.45) is 0 Å². The van der Waals surface area contributed by atoms with Crippen LogP contribution in [0, 0.1) is 0 Å². The van der Waals surface area contributed by atoms with Crippen LogP contribution in [-0.4, -0.2) is 56.0 Å². The molecule has 0 aromatic carbocycles. The third-order valence-corrected chi connectivity index (χ3v) is 7.33. The lowest BCUT2D eigenvalue weighted by Gasteiger charge is -2.21. The summed E-state index contributed by atoms with van der Waals surface area (Å²) in [7, 11) is -4.90. The molecule has 0 bridgehead atoms. The molecule has 0 spiro atoms. The monoisotopic (exact) mass is 566 g/mol. The van der Waals surface area contributed by atoms with Crippen LogP contribution in [0.1, 0.15) is 137 Å². The molecule has 1 N–H and O–H groups in total. The minimum absolute atomic E-state index is 0.301. The summed E-state index contributed by atoms with van der Waals surface area (Å²) in [6, 6.07) is 0. The second-order valence-corrected chi connectivity index (χ2v) is 11.4. The Kier molecular flexibility index (Phi) is 22.9. The molecule has 38 heavy (non-hydrogen) atoms. The van der Waals surface area contributed by atoms with Crippen molar-refractivity contribution >= 4 is 22.1 Å². The molecular weight excluding hydrogens is 512 g/mol. The highest BCUT2D eigenvalue weighted by molar-refractivity contribution is 7.87. The molecule has 226 valence electrons. The van der Waals surface area contributed by atoms with E-state index in [0.717, 1.165) is 38.5 Å². The first-order valence-corrected chi connectivity index (χ1v) is 16.3. The molecular formula is C28H54O9S. The zero-order valence-corrected chi connectivity index (χ0v) is 25.1. The lowest BCUT2D eigenvalue weighted by atomic mass is 10.1. The van der Waals surface area contributed by atoms with Crippen LogP contribution in [0.3, 0.4) is 0 Å². The van der Waals surface area contributed by atoms with Crippen molar-refractivity contribution in [2.75, 3.05) is 13.2 Å². The molecule has 0 radical (unpaired) electrons. The number of unbranched alkanes of at least 4 members (excludes halogenated alkanes) is 12. The van der Waals surface area contributed by atoms with Gasteiger partial charge in [0.15, 0.2) is 5.25 Å². The second kappa shape index (κ2) is 23.6. The van der Waals surface area contributed by atoms with E-state index in [-0.39, 0.29) is 0 Å². The average molecular weight is 567 g/mol. The van der Waals surface area contributed by atoms with Gasteiger partial charge < -0.3 is 18.9 Å². The minimum atomic E-state index is -4.90. The van der Waals surface area contributed by atoms with Crippen molar-refractivity contribution in [3.8, 4) is 0 Å². The molecule has 0 aliphatic heterocycles. The van der Waals surface area contributed by atoms with Gasteiger partial charge in [0.1, 0.15) is 0 Å². The SMILES string of the molecule is CCCCCCCCCOC(CC)OC(=O)CC(C(=O)OC(CC)OCCCCCCCCC)S(=O)(=O)O. The van der Waals surface area contributed by atoms with E-state index in [2.05, 4.69) is 13.8 Å². The Morgan fingerprint density at radius 2 is 1.03 bits per heavy atom. The van der Waals surface area contributed by atoms with E-state index >= 15 is 0 Å². The van der Waals surface area contributed by atoms with Crippen LogP contribution >= 0.6 is 0 Å². The van der Waals surface area contributed by atoms with Crippen molar-refractivity contribution in [2.45, 2.75) is 155 Å². The summed E-state index contributed by atoms with van der Waals surface area (Å²) in [6.07, 6.45) is 13.5. The number of carbonyl (C=O) groups is 2.